The highest BCUT2D eigenvalue weighted by Gasteiger charge is 2.49. The van der Waals surface area contributed by atoms with Gasteiger partial charge in [-0.3, -0.25) is 0 Å². The van der Waals surface area contributed by atoms with Crippen molar-refractivity contribution in [1.29, 1.82) is 0 Å². The van der Waals surface area contributed by atoms with Crippen molar-refractivity contribution in [1.82, 2.24) is 10.4 Å². The average Bonchev–Trinajstić information content (AvgIpc) is 2.70. The molecule has 0 fully saturated rings. The van der Waals surface area contributed by atoms with Crippen molar-refractivity contribution in [3.63, 3.8) is 0 Å². The van der Waals surface area contributed by atoms with Crippen LogP contribution < -0.4 is 5.43 Å². The fourth-order valence-electron chi connectivity index (χ4n) is 2.85. The van der Waals surface area contributed by atoms with E-state index in [4.69, 9.17) is 0 Å². The molecule has 112 valence electrons. The van der Waals surface area contributed by atoms with E-state index in [0.29, 0.717) is 23.6 Å². The lowest BCUT2D eigenvalue weighted by atomic mass is 9.81. The number of hydrogen-bond acceptors (Lipinski definition) is 3. The lowest BCUT2D eigenvalue weighted by Gasteiger charge is -2.42. The maximum absolute atomic E-state index is 10.8. The summed E-state index contributed by atoms with van der Waals surface area (Å²) in [7, 11) is 0. The number of aliphatic hydroxyl groups is 1. The molecule has 0 saturated heterocycles. The van der Waals surface area contributed by atoms with Crippen LogP contribution in [0.15, 0.2) is 11.5 Å². The van der Waals surface area contributed by atoms with E-state index >= 15 is 0 Å². The van der Waals surface area contributed by atoms with Gasteiger partial charge in [0, 0.05) is 12.0 Å². The molecule has 3 heteroatoms. The first kappa shape index (κ1) is 16.4. The molecule has 3 nitrogen and oxygen atoms in total. The van der Waals surface area contributed by atoms with E-state index in [9.17, 15) is 5.11 Å². The van der Waals surface area contributed by atoms with Crippen LogP contribution >= 0.6 is 0 Å². The SMILES string of the molecule is CCC(C)C1=C(O)C(C)(C(C)CC)N(C(C)CC)N1. The molecule has 0 aliphatic carbocycles. The van der Waals surface area contributed by atoms with Gasteiger partial charge in [-0.05, 0) is 32.6 Å². The summed E-state index contributed by atoms with van der Waals surface area (Å²) >= 11 is 0. The van der Waals surface area contributed by atoms with Gasteiger partial charge in [-0.2, -0.15) is 0 Å². The highest BCUT2D eigenvalue weighted by molar-refractivity contribution is 5.27. The molecular weight excluding hydrogens is 236 g/mol. The summed E-state index contributed by atoms with van der Waals surface area (Å²) in [5, 5.41) is 13.1. The second kappa shape index (κ2) is 6.17. The maximum Gasteiger partial charge on any atom is 0.135 e. The molecule has 0 saturated carbocycles. The van der Waals surface area contributed by atoms with E-state index in [1.54, 1.807) is 0 Å². The third-order valence-electron chi connectivity index (χ3n) is 5.18. The minimum absolute atomic E-state index is 0.289. The van der Waals surface area contributed by atoms with Crippen LogP contribution in [0.4, 0.5) is 0 Å². The Labute approximate surface area is 119 Å². The third-order valence-corrected chi connectivity index (χ3v) is 5.18. The van der Waals surface area contributed by atoms with E-state index in [-0.39, 0.29) is 5.54 Å². The number of allylic oxidation sites excluding steroid dienone is 1. The first-order valence-corrected chi connectivity index (χ1v) is 7.83. The van der Waals surface area contributed by atoms with Crippen molar-refractivity contribution in [3.05, 3.63) is 11.5 Å². The molecule has 0 amide bonds. The molecule has 0 bridgehead atoms. The van der Waals surface area contributed by atoms with Crippen LogP contribution in [-0.4, -0.2) is 21.7 Å². The van der Waals surface area contributed by atoms with Gasteiger partial charge in [0.05, 0.1) is 11.2 Å². The summed E-state index contributed by atoms with van der Waals surface area (Å²) in [6.07, 6.45) is 3.17. The number of rotatable bonds is 6. The summed E-state index contributed by atoms with van der Waals surface area (Å²) in [5.74, 6) is 1.34. The Bertz CT molecular complexity index is 340. The standard InChI is InChI=1S/C16H32N2O/c1-8-11(4)14-15(19)16(7,12(5)9-2)18(17-14)13(6)10-3/h11-13,17,19H,8-10H2,1-7H3. The molecule has 1 rings (SSSR count). The Kier molecular flexibility index (Phi) is 5.31. The molecule has 2 N–H and O–H groups in total. The van der Waals surface area contributed by atoms with Crippen molar-refractivity contribution >= 4 is 0 Å². The van der Waals surface area contributed by atoms with Gasteiger partial charge in [0.15, 0.2) is 0 Å². The third kappa shape index (κ3) is 2.62. The maximum atomic E-state index is 10.8. The molecule has 4 unspecified atom stereocenters. The van der Waals surface area contributed by atoms with Crippen molar-refractivity contribution in [2.24, 2.45) is 11.8 Å². The smallest absolute Gasteiger partial charge is 0.135 e. The summed E-state index contributed by atoms with van der Waals surface area (Å²) in [5.41, 5.74) is 4.24. The van der Waals surface area contributed by atoms with Crippen LogP contribution in [-0.2, 0) is 0 Å². The predicted octanol–water partition coefficient (Wildman–Crippen LogP) is 4.23. The van der Waals surface area contributed by atoms with Crippen LogP contribution in [0.25, 0.3) is 0 Å². The van der Waals surface area contributed by atoms with Gasteiger partial charge in [-0.15, -0.1) is 0 Å². The van der Waals surface area contributed by atoms with Gasteiger partial charge in [0.25, 0.3) is 0 Å². The largest absolute Gasteiger partial charge is 0.508 e. The molecule has 1 aliphatic heterocycles. The number of nitrogens with one attached hydrogen (secondary N) is 1. The molecule has 0 aromatic heterocycles. The van der Waals surface area contributed by atoms with Crippen LogP contribution in [0, 0.1) is 11.8 Å². The second-order valence-corrected chi connectivity index (χ2v) is 6.27. The monoisotopic (exact) mass is 268 g/mol. The molecule has 0 aromatic rings. The molecule has 19 heavy (non-hydrogen) atoms. The van der Waals surface area contributed by atoms with Gasteiger partial charge < -0.3 is 10.5 Å². The number of nitrogens with zero attached hydrogens (tertiary/aromatic N) is 1. The number of hydrogen-bond donors (Lipinski definition) is 2. The highest BCUT2D eigenvalue weighted by Crippen LogP contribution is 2.41. The van der Waals surface area contributed by atoms with Crippen LogP contribution in [0.3, 0.4) is 0 Å². The van der Waals surface area contributed by atoms with Crippen molar-refractivity contribution in [2.45, 2.75) is 79.3 Å². The van der Waals surface area contributed by atoms with E-state index in [1.165, 1.54) is 0 Å². The molecular formula is C16H32N2O. The van der Waals surface area contributed by atoms with Gasteiger partial charge in [-0.25, -0.2) is 5.01 Å². The summed E-state index contributed by atoms with van der Waals surface area (Å²) in [4.78, 5) is 0. The summed E-state index contributed by atoms with van der Waals surface area (Å²) < 4.78 is 0. The zero-order chi connectivity index (χ0) is 14.8. The highest BCUT2D eigenvalue weighted by atomic mass is 16.3. The Hall–Kier alpha value is -0.700. The summed E-state index contributed by atoms with van der Waals surface area (Å²) in [6, 6.07) is 0.405. The number of hydrazine groups is 1. The normalized spacial score (nSPS) is 29.2. The lowest BCUT2D eigenvalue weighted by Crippen LogP contribution is -2.56. The quantitative estimate of drug-likeness (QED) is 0.757. The van der Waals surface area contributed by atoms with Crippen molar-refractivity contribution in [2.75, 3.05) is 0 Å². The van der Waals surface area contributed by atoms with Crippen LogP contribution in [0.5, 0.6) is 0 Å². The topological polar surface area (TPSA) is 35.5 Å². The van der Waals surface area contributed by atoms with E-state index in [2.05, 4.69) is 58.9 Å². The zero-order valence-corrected chi connectivity index (χ0v) is 13.7. The van der Waals surface area contributed by atoms with Gasteiger partial charge in [0.1, 0.15) is 5.76 Å². The Morgan fingerprint density at radius 2 is 1.68 bits per heavy atom. The van der Waals surface area contributed by atoms with E-state index < -0.39 is 0 Å². The molecule has 4 atom stereocenters. The lowest BCUT2D eigenvalue weighted by molar-refractivity contribution is 0.00837. The average molecular weight is 268 g/mol. The van der Waals surface area contributed by atoms with Gasteiger partial charge >= 0.3 is 0 Å². The zero-order valence-electron chi connectivity index (χ0n) is 13.7. The first-order valence-electron chi connectivity index (χ1n) is 7.83. The molecule has 1 heterocycles. The summed E-state index contributed by atoms with van der Waals surface area (Å²) in [6.45, 7) is 15.4. The van der Waals surface area contributed by atoms with Gasteiger partial charge in [-0.1, -0.05) is 41.0 Å². The minimum atomic E-state index is -0.289. The molecule has 1 aliphatic rings. The Morgan fingerprint density at radius 3 is 2.11 bits per heavy atom. The van der Waals surface area contributed by atoms with Crippen LogP contribution in [0.1, 0.15) is 67.7 Å². The Balaban J connectivity index is 3.20. The predicted molar refractivity (Wildman–Crippen MR) is 81.7 cm³/mol. The minimum Gasteiger partial charge on any atom is -0.508 e. The number of aliphatic hydroxyl groups excluding tert-OH is 1. The molecule has 0 spiro atoms. The Morgan fingerprint density at radius 1 is 1.11 bits per heavy atom. The molecule has 0 radical (unpaired) electrons. The van der Waals surface area contributed by atoms with E-state index in [0.717, 1.165) is 25.0 Å². The fourth-order valence-corrected chi connectivity index (χ4v) is 2.85. The van der Waals surface area contributed by atoms with E-state index in [1.807, 2.05) is 0 Å². The van der Waals surface area contributed by atoms with Crippen molar-refractivity contribution in [3.8, 4) is 0 Å². The van der Waals surface area contributed by atoms with Crippen LogP contribution in [0.2, 0.25) is 0 Å². The van der Waals surface area contributed by atoms with Crippen molar-refractivity contribution < 1.29 is 5.11 Å². The fraction of sp³-hybridized carbons (Fsp3) is 0.875. The first-order chi connectivity index (χ1) is 8.84. The van der Waals surface area contributed by atoms with Gasteiger partial charge in [0.2, 0.25) is 0 Å². The molecule has 0 aromatic carbocycles. The second-order valence-electron chi connectivity index (χ2n) is 6.27.